The number of allylic oxidation sites excluding steroid dienone is 4. The molecule has 0 radical (unpaired) electrons. The van der Waals surface area contributed by atoms with Crippen molar-refractivity contribution < 1.29 is 0 Å². The Kier molecular flexibility index (Phi) is 6.91. The number of nitrogens with zero attached hydrogens (tertiary/aromatic N) is 1. The van der Waals surface area contributed by atoms with Crippen molar-refractivity contribution in [1.29, 1.82) is 0 Å². The Morgan fingerprint density at radius 1 is 0.521 bits per heavy atom. The smallest absolute Gasteiger partial charge is 0.0531 e. The summed E-state index contributed by atoms with van der Waals surface area (Å²) in [5.41, 5.74) is 11.3. The monoisotopic (exact) mass is 613 g/mol. The lowest BCUT2D eigenvalue weighted by atomic mass is 9.84. The molecule has 7 aromatic carbocycles. The third-order valence-electron chi connectivity index (χ3n) is 9.97. The highest BCUT2D eigenvalue weighted by Gasteiger charge is 2.22. The molecule has 1 heterocycles. The molecule has 0 saturated carbocycles. The van der Waals surface area contributed by atoms with Crippen molar-refractivity contribution in [1.82, 2.24) is 4.57 Å². The quantitative estimate of drug-likeness (QED) is 0.170. The van der Waals surface area contributed by atoms with Crippen LogP contribution in [-0.2, 0) is 0 Å². The van der Waals surface area contributed by atoms with Crippen molar-refractivity contribution in [3.05, 3.63) is 187 Å². The van der Waals surface area contributed by atoms with E-state index in [1.807, 2.05) is 0 Å². The van der Waals surface area contributed by atoms with Gasteiger partial charge in [0.1, 0.15) is 0 Å². The van der Waals surface area contributed by atoms with Gasteiger partial charge in [-0.05, 0) is 97.7 Å². The second-order valence-corrected chi connectivity index (χ2v) is 12.9. The molecule has 228 valence electrons. The minimum atomic E-state index is 0.308. The van der Waals surface area contributed by atoms with Crippen LogP contribution >= 0.6 is 0 Å². The summed E-state index contributed by atoms with van der Waals surface area (Å²) in [4.78, 5) is 0. The predicted molar refractivity (Wildman–Crippen MR) is 205 cm³/mol. The van der Waals surface area contributed by atoms with Gasteiger partial charge in [0.15, 0.2) is 0 Å². The van der Waals surface area contributed by atoms with Crippen LogP contribution in [0.5, 0.6) is 0 Å². The molecular formula is C47H35N. The maximum atomic E-state index is 2.50. The van der Waals surface area contributed by atoms with Crippen LogP contribution in [0.1, 0.15) is 23.6 Å². The maximum absolute atomic E-state index is 2.50. The molecule has 48 heavy (non-hydrogen) atoms. The normalized spacial score (nSPS) is 14.3. The minimum absolute atomic E-state index is 0.308. The van der Waals surface area contributed by atoms with Crippen LogP contribution in [-0.4, -0.2) is 4.57 Å². The molecule has 1 atom stereocenters. The zero-order valence-electron chi connectivity index (χ0n) is 27.0. The first-order chi connectivity index (χ1) is 23.7. The number of fused-ring (bicyclic) bond motifs is 3. The van der Waals surface area contributed by atoms with Gasteiger partial charge in [-0.15, -0.1) is 0 Å². The summed E-state index contributed by atoms with van der Waals surface area (Å²) in [6.45, 7) is 2.19. The van der Waals surface area contributed by atoms with Gasteiger partial charge in [-0.2, -0.15) is 0 Å². The van der Waals surface area contributed by atoms with E-state index >= 15 is 0 Å². The van der Waals surface area contributed by atoms with Gasteiger partial charge >= 0.3 is 0 Å². The predicted octanol–water partition coefficient (Wildman–Crippen LogP) is 12.8. The van der Waals surface area contributed by atoms with Crippen LogP contribution < -0.4 is 0 Å². The fraction of sp³-hybridized carbons (Fsp3) is 0.0638. The van der Waals surface area contributed by atoms with E-state index in [0.717, 1.165) is 6.42 Å². The Bertz CT molecular complexity index is 2540. The summed E-state index contributed by atoms with van der Waals surface area (Å²) in [6.07, 6.45) is 9.96. The SMILES string of the molecule is Cc1cccc(-c2c3ccccc3c(-c3cccc4ccccc34)c3ccc(-n4c(-c5ccccc5)ccc4C4C=CC=CC4)cc23)c1. The molecule has 1 nitrogen and oxygen atoms in total. The van der Waals surface area contributed by atoms with E-state index in [2.05, 4.69) is 187 Å². The van der Waals surface area contributed by atoms with Crippen LogP contribution in [0.3, 0.4) is 0 Å². The number of rotatable bonds is 5. The summed E-state index contributed by atoms with van der Waals surface area (Å²) in [5, 5.41) is 7.60. The van der Waals surface area contributed by atoms with Gasteiger partial charge in [-0.1, -0.05) is 157 Å². The first-order valence-electron chi connectivity index (χ1n) is 16.9. The fourth-order valence-electron chi connectivity index (χ4n) is 7.81. The zero-order valence-corrected chi connectivity index (χ0v) is 27.0. The van der Waals surface area contributed by atoms with E-state index in [-0.39, 0.29) is 0 Å². The van der Waals surface area contributed by atoms with Gasteiger partial charge in [-0.25, -0.2) is 0 Å². The first-order valence-corrected chi connectivity index (χ1v) is 16.9. The molecule has 1 aliphatic rings. The van der Waals surface area contributed by atoms with Gasteiger partial charge in [0.05, 0.1) is 5.69 Å². The highest BCUT2D eigenvalue weighted by atomic mass is 15.0. The summed E-state index contributed by atoms with van der Waals surface area (Å²) in [7, 11) is 0. The van der Waals surface area contributed by atoms with Crippen LogP contribution in [0.2, 0.25) is 0 Å². The Balaban J connectivity index is 1.41. The molecule has 0 amide bonds. The van der Waals surface area contributed by atoms with E-state index in [9.17, 15) is 0 Å². The molecular weight excluding hydrogens is 579 g/mol. The lowest BCUT2D eigenvalue weighted by molar-refractivity contribution is 0.786. The number of hydrogen-bond donors (Lipinski definition) is 0. The van der Waals surface area contributed by atoms with Crippen LogP contribution in [0, 0.1) is 6.92 Å². The molecule has 0 aliphatic heterocycles. The molecule has 0 fully saturated rings. The molecule has 1 heteroatoms. The number of aryl methyl sites for hydroxylation is 1. The molecule has 0 bridgehead atoms. The third kappa shape index (κ3) is 4.70. The molecule has 0 saturated heterocycles. The standard InChI is InChI=1S/C47H35N/c1-32-14-12-21-36(30-32)46-40-23-10-11-24-41(40)47(39-25-13-20-33-15-8-9-22-38(33)39)42-27-26-37(31-43(42)46)48-44(34-16-4-2-5-17-34)28-29-45(48)35-18-6-3-7-19-35/h2-18,20-31,35H,19H2,1H3. The van der Waals surface area contributed by atoms with Gasteiger partial charge in [0, 0.05) is 17.3 Å². The van der Waals surface area contributed by atoms with E-state index in [1.54, 1.807) is 0 Å². The second kappa shape index (κ2) is 11.7. The Morgan fingerprint density at radius 3 is 2.04 bits per heavy atom. The van der Waals surface area contributed by atoms with Crippen molar-refractivity contribution >= 4 is 32.3 Å². The lowest BCUT2D eigenvalue weighted by Gasteiger charge is -2.22. The topological polar surface area (TPSA) is 4.93 Å². The highest BCUT2D eigenvalue weighted by Crippen LogP contribution is 2.46. The molecule has 0 N–H and O–H groups in total. The lowest BCUT2D eigenvalue weighted by Crippen LogP contribution is -2.07. The Labute approximate surface area is 281 Å². The molecule has 1 aromatic heterocycles. The average Bonchev–Trinajstić information content (AvgIpc) is 3.60. The molecule has 1 unspecified atom stereocenters. The van der Waals surface area contributed by atoms with Gasteiger partial charge in [0.25, 0.3) is 0 Å². The van der Waals surface area contributed by atoms with Gasteiger partial charge < -0.3 is 4.57 Å². The van der Waals surface area contributed by atoms with Crippen LogP contribution in [0.4, 0.5) is 0 Å². The summed E-state index contributed by atoms with van der Waals surface area (Å²) >= 11 is 0. The molecule has 1 aliphatic carbocycles. The van der Waals surface area contributed by atoms with E-state index in [0.29, 0.717) is 5.92 Å². The van der Waals surface area contributed by atoms with Crippen LogP contribution in [0.25, 0.3) is 71.5 Å². The number of aromatic nitrogens is 1. The third-order valence-corrected chi connectivity index (χ3v) is 9.97. The summed E-state index contributed by atoms with van der Waals surface area (Å²) < 4.78 is 2.50. The fourth-order valence-corrected chi connectivity index (χ4v) is 7.81. The number of benzene rings is 7. The first kappa shape index (κ1) is 28.3. The molecule has 0 spiro atoms. The molecule has 8 aromatic rings. The average molecular weight is 614 g/mol. The summed E-state index contributed by atoms with van der Waals surface area (Å²) in [6, 6.07) is 56.0. The number of hydrogen-bond acceptors (Lipinski definition) is 0. The maximum Gasteiger partial charge on any atom is 0.0531 e. The van der Waals surface area contributed by atoms with Crippen molar-refractivity contribution in [3.63, 3.8) is 0 Å². The van der Waals surface area contributed by atoms with Crippen LogP contribution in [0.15, 0.2) is 176 Å². The van der Waals surface area contributed by atoms with E-state index in [1.165, 1.54) is 82.8 Å². The van der Waals surface area contributed by atoms with Gasteiger partial charge in [-0.3, -0.25) is 0 Å². The largest absolute Gasteiger partial charge is 0.313 e. The second-order valence-electron chi connectivity index (χ2n) is 12.9. The van der Waals surface area contributed by atoms with Crippen molar-refractivity contribution in [2.45, 2.75) is 19.3 Å². The Hall–Kier alpha value is -5.92. The molecule has 9 rings (SSSR count). The van der Waals surface area contributed by atoms with Gasteiger partial charge in [0.2, 0.25) is 0 Å². The van der Waals surface area contributed by atoms with Crippen molar-refractivity contribution in [2.75, 3.05) is 0 Å². The highest BCUT2D eigenvalue weighted by molar-refractivity contribution is 6.23. The van der Waals surface area contributed by atoms with E-state index < -0.39 is 0 Å². The zero-order chi connectivity index (χ0) is 32.0. The Morgan fingerprint density at radius 2 is 1.23 bits per heavy atom. The van der Waals surface area contributed by atoms with E-state index in [4.69, 9.17) is 0 Å². The van der Waals surface area contributed by atoms with Crippen molar-refractivity contribution in [2.24, 2.45) is 0 Å². The van der Waals surface area contributed by atoms with Crippen molar-refractivity contribution in [3.8, 4) is 39.2 Å². The summed E-state index contributed by atoms with van der Waals surface area (Å²) in [5.74, 6) is 0.308. The minimum Gasteiger partial charge on any atom is -0.313 e.